The standard InChI is InChI=1S/C19H17BrO3/c1-11(2)16(12-7-9-13(20)10-8-12)17-18(21)14-5-3-4-6-15(14)23-19(17)22/h3-11,16,21H,1-2H3. The van der Waals surface area contributed by atoms with Crippen LogP contribution < -0.4 is 5.63 Å². The molecule has 3 aromatic rings. The Kier molecular flexibility index (Phi) is 4.26. The van der Waals surface area contributed by atoms with Gasteiger partial charge in [0.1, 0.15) is 11.3 Å². The Morgan fingerprint density at radius 2 is 1.70 bits per heavy atom. The first-order valence-corrected chi connectivity index (χ1v) is 8.28. The monoisotopic (exact) mass is 372 g/mol. The highest BCUT2D eigenvalue weighted by molar-refractivity contribution is 9.10. The van der Waals surface area contributed by atoms with Crippen molar-refractivity contribution < 1.29 is 9.52 Å². The van der Waals surface area contributed by atoms with Gasteiger partial charge in [-0.15, -0.1) is 0 Å². The van der Waals surface area contributed by atoms with Crippen LogP contribution in [0.15, 0.2) is 62.2 Å². The molecule has 2 aromatic carbocycles. The SMILES string of the molecule is CC(C)C(c1ccc(Br)cc1)c1c(O)c2ccccc2oc1=O. The van der Waals surface area contributed by atoms with Crippen molar-refractivity contribution in [2.24, 2.45) is 5.92 Å². The fourth-order valence-electron chi connectivity index (χ4n) is 2.98. The highest BCUT2D eigenvalue weighted by Crippen LogP contribution is 2.38. The molecule has 0 amide bonds. The average Bonchev–Trinajstić information content (AvgIpc) is 2.52. The fourth-order valence-corrected chi connectivity index (χ4v) is 3.24. The lowest BCUT2D eigenvalue weighted by atomic mass is 9.82. The van der Waals surface area contributed by atoms with Crippen molar-refractivity contribution in [2.45, 2.75) is 19.8 Å². The van der Waals surface area contributed by atoms with Gasteiger partial charge < -0.3 is 9.52 Å². The molecular formula is C19H17BrO3. The lowest BCUT2D eigenvalue weighted by Gasteiger charge is -2.22. The number of para-hydroxylation sites is 1. The largest absolute Gasteiger partial charge is 0.507 e. The van der Waals surface area contributed by atoms with Gasteiger partial charge in [-0.3, -0.25) is 0 Å². The molecule has 1 heterocycles. The molecular weight excluding hydrogens is 356 g/mol. The van der Waals surface area contributed by atoms with Crippen molar-refractivity contribution in [1.82, 2.24) is 0 Å². The van der Waals surface area contributed by atoms with E-state index in [0.29, 0.717) is 16.5 Å². The summed E-state index contributed by atoms with van der Waals surface area (Å²) in [6.07, 6.45) is 0. The minimum absolute atomic E-state index is 0.0125. The number of benzene rings is 2. The summed E-state index contributed by atoms with van der Waals surface area (Å²) in [4.78, 5) is 12.5. The number of hydrogen-bond acceptors (Lipinski definition) is 3. The van der Waals surface area contributed by atoms with E-state index in [-0.39, 0.29) is 17.6 Å². The van der Waals surface area contributed by atoms with E-state index in [2.05, 4.69) is 15.9 Å². The molecule has 0 saturated carbocycles. The van der Waals surface area contributed by atoms with Crippen molar-refractivity contribution in [3.63, 3.8) is 0 Å². The molecule has 3 nitrogen and oxygen atoms in total. The maximum absolute atomic E-state index is 12.5. The van der Waals surface area contributed by atoms with Gasteiger partial charge in [0, 0.05) is 10.4 Å². The van der Waals surface area contributed by atoms with Gasteiger partial charge in [-0.2, -0.15) is 0 Å². The lowest BCUT2D eigenvalue weighted by Crippen LogP contribution is -2.18. The molecule has 118 valence electrons. The Morgan fingerprint density at radius 1 is 1.04 bits per heavy atom. The van der Waals surface area contributed by atoms with Crippen LogP contribution in [0.3, 0.4) is 0 Å². The fraction of sp³-hybridized carbons (Fsp3) is 0.211. The van der Waals surface area contributed by atoms with E-state index in [9.17, 15) is 9.90 Å². The molecule has 0 bridgehead atoms. The van der Waals surface area contributed by atoms with Gasteiger partial charge in [-0.25, -0.2) is 4.79 Å². The molecule has 0 spiro atoms. The van der Waals surface area contributed by atoms with Crippen molar-refractivity contribution in [3.05, 3.63) is 74.6 Å². The second-order valence-corrected chi connectivity index (χ2v) is 6.84. The zero-order valence-corrected chi connectivity index (χ0v) is 14.5. The summed E-state index contributed by atoms with van der Waals surface area (Å²) in [5, 5.41) is 11.3. The summed E-state index contributed by atoms with van der Waals surface area (Å²) in [6.45, 7) is 4.06. The minimum Gasteiger partial charge on any atom is -0.507 e. The summed E-state index contributed by atoms with van der Waals surface area (Å²) in [5.74, 6) is -0.0893. The van der Waals surface area contributed by atoms with E-state index < -0.39 is 5.63 Å². The Balaban J connectivity index is 2.27. The molecule has 0 aliphatic carbocycles. The molecule has 0 radical (unpaired) electrons. The zero-order valence-electron chi connectivity index (χ0n) is 12.9. The molecule has 0 aliphatic rings. The molecule has 1 atom stereocenters. The average molecular weight is 373 g/mol. The number of hydrogen-bond donors (Lipinski definition) is 1. The molecule has 23 heavy (non-hydrogen) atoms. The quantitative estimate of drug-likeness (QED) is 0.654. The van der Waals surface area contributed by atoms with E-state index in [1.807, 2.05) is 44.2 Å². The van der Waals surface area contributed by atoms with Gasteiger partial charge in [0.2, 0.25) is 0 Å². The third kappa shape index (κ3) is 2.91. The molecule has 0 fully saturated rings. The summed E-state index contributed by atoms with van der Waals surface area (Å²) in [7, 11) is 0. The van der Waals surface area contributed by atoms with Crippen LogP contribution in [0.5, 0.6) is 5.75 Å². The molecule has 1 N–H and O–H groups in total. The number of halogens is 1. The van der Waals surface area contributed by atoms with Crippen LogP contribution in [-0.4, -0.2) is 5.11 Å². The van der Waals surface area contributed by atoms with Crippen LogP contribution in [0.25, 0.3) is 11.0 Å². The zero-order chi connectivity index (χ0) is 16.6. The third-order valence-corrected chi connectivity index (χ3v) is 4.56. The molecule has 3 rings (SSSR count). The number of fused-ring (bicyclic) bond motifs is 1. The Bertz CT molecular complexity index is 895. The van der Waals surface area contributed by atoms with Gasteiger partial charge in [0.15, 0.2) is 0 Å². The van der Waals surface area contributed by atoms with Gasteiger partial charge in [0.05, 0.1) is 10.9 Å². The predicted octanol–water partition coefficient (Wildman–Crippen LogP) is 5.05. The molecule has 1 aromatic heterocycles. The second kappa shape index (κ2) is 6.20. The Hall–Kier alpha value is -2.07. The lowest BCUT2D eigenvalue weighted by molar-refractivity contribution is 0.435. The van der Waals surface area contributed by atoms with Crippen LogP contribution in [0.2, 0.25) is 0 Å². The number of rotatable bonds is 3. The van der Waals surface area contributed by atoms with Crippen LogP contribution in [-0.2, 0) is 0 Å². The Labute approximate surface area is 142 Å². The summed E-state index contributed by atoms with van der Waals surface area (Å²) >= 11 is 3.42. The van der Waals surface area contributed by atoms with Crippen LogP contribution >= 0.6 is 15.9 Å². The van der Waals surface area contributed by atoms with Crippen molar-refractivity contribution in [3.8, 4) is 5.75 Å². The summed E-state index contributed by atoms with van der Waals surface area (Å²) in [6, 6.07) is 14.8. The predicted molar refractivity (Wildman–Crippen MR) is 95.0 cm³/mol. The third-order valence-electron chi connectivity index (χ3n) is 4.03. The topological polar surface area (TPSA) is 50.4 Å². The van der Waals surface area contributed by atoms with E-state index >= 15 is 0 Å². The molecule has 0 saturated heterocycles. The van der Waals surface area contributed by atoms with Crippen molar-refractivity contribution in [1.29, 1.82) is 0 Å². The molecule has 4 heteroatoms. The summed E-state index contributed by atoms with van der Waals surface area (Å²) < 4.78 is 6.40. The van der Waals surface area contributed by atoms with Gasteiger partial charge in [0.25, 0.3) is 0 Å². The minimum atomic E-state index is -0.484. The van der Waals surface area contributed by atoms with Crippen LogP contribution in [0.4, 0.5) is 0 Å². The van der Waals surface area contributed by atoms with Gasteiger partial charge in [-0.1, -0.05) is 54.0 Å². The first kappa shape index (κ1) is 15.8. The van der Waals surface area contributed by atoms with Gasteiger partial charge >= 0.3 is 5.63 Å². The first-order chi connectivity index (χ1) is 11.0. The Morgan fingerprint density at radius 3 is 2.35 bits per heavy atom. The van der Waals surface area contributed by atoms with E-state index in [4.69, 9.17) is 4.42 Å². The molecule has 0 aliphatic heterocycles. The highest BCUT2D eigenvalue weighted by atomic mass is 79.9. The van der Waals surface area contributed by atoms with E-state index in [0.717, 1.165) is 10.0 Å². The number of aromatic hydroxyl groups is 1. The maximum atomic E-state index is 12.5. The maximum Gasteiger partial charge on any atom is 0.343 e. The highest BCUT2D eigenvalue weighted by Gasteiger charge is 2.27. The second-order valence-electron chi connectivity index (χ2n) is 5.92. The van der Waals surface area contributed by atoms with Crippen LogP contribution in [0.1, 0.15) is 30.9 Å². The smallest absolute Gasteiger partial charge is 0.343 e. The van der Waals surface area contributed by atoms with Gasteiger partial charge in [-0.05, 0) is 35.7 Å². The first-order valence-electron chi connectivity index (χ1n) is 7.49. The molecule has 1 unspecified atom stereocenters. The van der Waals surface area contributed by atoms with Crippen molar-refractivity contribution in [2.75, 3.05) is 0 Å². The summed E-state index contributed by atoms with van der Waals surface area (Å²) in [5.41, 5.74) is 1.21. The van der Waals surface area contributed by atoms with E-state index in [1.54, 1.807) is 18.2 Å². The normalized spacial score (nSPS) is 12.7. The van der Waals surface area contributed by atoms with E-state index in [1.165, 1.54) is 0 Å². The van der Waals surface area contributed by atoms with Crippen LogP contribution in [0, 0.1) is 5.92 Å². The van der Waals surface area contributed by atoms with Crippen molar-refractivity contribution >= 4 is 26.9 Å².